The highest BCUT2D eigenvalue weighted by molar-refractivity contribution is 7.89. The number of alkyl halides is 3. The second kappa shape index (κ2) is 6.20. The Morgan fingerprint density at radius 3 is 2.38 bits per heavy atom. The average Bonchev–Trinajstić information content (AvgIpc) is 3.26. The number of hydrogen-bond acceptors (Lipinski definition) is 5. The van der Waals surface area contributed by atoms with E-state index in [9.17, 15) is 26.4 Å². The van der Waals surface area contributed by atoms with E-state index in [1.54, 1.807) is 0 Å². The maximum absolute atomic E-state index is 13.6. The summed E-state index contributed by atoms with van der Waals surface area (Å²) in [7, 11) is -1.61. The van der Waals surface area contributed by atoms with Gasteiger partial charge >= 0.3 is 6.18 Å². The number of carbonyl (C=O) groups excluding carboxylic acids is 1. The number of rotatable bonds is 5. The predicted molar refractivity (Wildman–Crippen MR) is 84.2 cm³/mol. The van der Waals surface area contributed by atoms with E-state index in [2.05, 4.69) is 9.68 Å². The number of carbonyl (C=O) groups is 1. The first-order chi connectivity index (χ1) is 12.0. The lowest BCUT2D eigenvalue weighted by atomic mass is 9.95. The molecule has 26 heavy (non-hydrogen) atoms. The molecule has 1 aromatic carbocycles. The summed E-state index contributed by atoms with van der Waals surface area (Å²) in [6, 6.07) is 1.61. The molecule has 1 heterocycles. The molecule has 1 fully saturated rings. The fraction of sp³-hybridized carbons (Fsp3) is 0.375. The fourth-order valence-electron chi connectivity index (χ4n) is 2.62. The van der Waals surface area contributed by atoms with Gasteiger partial charge in [0.05, 0.1) is 22.2 Å². The molecule has 0 N–H and O–H groups in total. The van der Waals surface area contributed by atoms with E-state index in [0.29, 0.717) is 18.9 Å². The Morgan fingerprint density at radius 2 is 1.92 bits per heavy atom. The van der Waals surface area contributed by atoms with E-state index in [1.165, 1.54) is 14.1 Å². The largest absolute Gasteiger partial charge is 0.417 e. The number of aromatic nitrogens is 1. The molecule has 0 amide bonds. The smallest absolute Gasteiger partial charge is 0.364 e. The van der Waals surface area contributed by atoms with Crippen molar-refractivity contribution in [2.24, 2.45) is 0 Å². The zero-order valence-electron chi connectivity index (χ0n) is 13.9. The minimum Gasteiger partial charge on any atom is -0.364 e. The summed E-state index contributed by atoms with van der Waals surface area (Å²) < 4.78 is 71.1. The van der Waals surface area contributed by atoms with Crippen LogP contribution in [0.3, 0.4) is 0 Å². The van der Waals surface area contributed by atoms with Crippen LogP contribution in [0.4, 0.5) is 13.2 Å². The minimum atomic E-state index is -4.90. The topological polar surface area (TPSA) is 80.5 Å². The number of hydrogen-bond donors (Lipinski definition) is 0. The molecule has 6 nitrogen and oxygen atoms in total. The molecule has 1 saturated carbocycles. The summed E-state index contributed by atoms with van der Waals surface area (Å²) in [5, 5.41) is 3.33. The van der Waals surface area contributed by atoms with Gasteiger partial charge < -0.3 is 4.52 Å². The molecule has 1 aliphatic rings. The number of ketones is 1. The molecule has 0 atom stereocenters. The van der Waals surface area contributed by atoms with Crippen molar-refractivity contribution in [2.75, 3.05) is 14.1 Å². The minimum absolute atomic E-state index is 0.138. The Hall–Kier alpha value is -2.20. The van der Waals surface area contributed by atoms with Gasteiger partial charge in [-0.15, -0.1) is 0 Å². The van der Waals surface area contributed by atoms with Gasteiger partial charge in [-0.05, 0) is 36.5 Å². The molecule has 0 unspecified atom stereocenters. The van der Waals surface area contributed by atoms with Crippen LogP contribution in [0.5, 0.6) is 0 Å². The van der Waals surface area contributed by atoms with Crippen molar-refractivity contribution in [1.82, 2.24) is 9.46 Å². The van der Waals surface area contributed by atoms with Crippen LogP contribution in [0.25, 0.3) is 0 Å². The normalized spacial score (nSPS) is 15.5. The molecule has 140 valence electrons. The molecule has 3 rings (SSSR count). The highest BCUT2D eigenvalue weighted by Crippen LogP contribution is 2.46. The zero-order chi connectivity index (χ0) is 19.3. The van der Waals surface area contributed by atoms with Crippen LogP contribution in [0.2, 0.25) is 0 Å². The van der Waals surface area contributed by atoms with E-state index < -0.39 is 38.0 Å². The second-order valence-corrected chi connectivity index (χ2v) is 8.36. The molecule has 10 heteroatoms. The first kappa shape index (κ1) is 18.6. The molecule has 1 aliphatic carbocycles. The monoisotopic (exact) mass is 388 g/mol. The van der Waals surface area contributed by atoms with Crippen LogP contribution in [-0.2, 0) is 16.2 Å². The lowest BCUT2D eigenvalue weighted by molar-refractivity contribution is -0.138. The standard InChI is InChI=1S/C16H15F3N2O4S/c1-21(2)26(23,24)14-6-13(16(17,18)19)12(5-11(14)9-3-4-9)15(22)10-7-20-25-8-10/h5-9H,3-4H2,1-2H3. The van der Waals surface area contributed by atoms with Crippen molar-refractivity contribution in [3.05, 3.63) is 46.8 Å². The maximum atomic E-state index is 13.6. The Morgan fingerprint density at radius 1 is 1.27 bits per heavy atom. The highest BCUT2D eigenvalue weighted by Gasteiger charge is 2.40. The molecule has 0 aliphatic heterocycles. The van der Waals surface area contributed by atoms with Gasteiger partial charge in [0.25, 0.3) is 0 Å². The Labute approximate surface area is 147 Å². The summed E-state index contributed by atoms with van der Waals surface area (Å²) >= 11 is 0. The summed E-state index contributed by atoms with van der Waals surface area (Å²) in [4.78, 5) is 12.1. The van der Waals surface area contributed by atoms with E-state index in [0.717, 1.165) is 22.8 Å². The zero-order valence-corrected chi connectivity index (χ0v) is 14.7. The number of halogens is 3. The SMILES string of the molecule is CN(C)S(=O)(=O)c1cc(C(F)(F)F)c(C(=O)c2cnoc2)cc1C1CC1. The Kier molecular flexibility index (Phi) is 4.43. The number of nitrogens with zero attached hydrogens (tertiary/aromatic N) is 2. The number of sulfonamides is 1. The Balaban J connectivity index is 2.29. The van der Waals surface area contributed by atoms with Crippen molar-refractivity contribution < 1.29 is 30.9 Å². The summed E-state index contributed by atoms with van der Waals surface area (Å²) in [6.45, 7) is 0. The summed E-state index contributed by atoms with van der Waals surface area (Å²) in [5.41, 5.74) is -1.82. The van der Waals surface area contributed by atoms with Crippen molar-refractivity contribution in [2.45, 2.75) is 29.8 Å². The first-order valence-corrected chi connectivity index (χ1v) is 9.09. The molecular formula is C16H15F3N2O4S. The second-order valence-electron chi connectivity index (χ2n) is 6.24. The maximum Gasteiger partial charge on any atom is 0.417 e. The van der Waals surface area contributed by atoms with E-state index in [4.69, 9.17) is 0 Å². The van der Waals surface area contributed by atoms with Gasteiger partial charge in [-0.25, -0.2) is 12.7 Å². The molecule has 0 radical (unpaired) electrons. The van der Waals surface area contributed by atoms with Crippen LogP contribution in [0.1, 0.15) is 45.8 Å². The van der Waals surface area contributed by atoms with Gasteiger partial charge in [-0.1, -0.05) is 5.16 Å². The van der Waals surface area contributed by atoms with E-state index in [1.807, 2.05) is 0 Å². The lowest BCUT2D eigenvalue weighted by Gasteiger charge is -2.19. The van der Waals surface area contributed by atoms with Gasteiger partial charge in [-0.2, -0.15) is 13.2 Å². The molecule has 1 aromatic heterocycles. The van der Waals surface area contributed by atoms with Crippen LogP contribution < -0.4 is 0 Å². The van der Waals surface area contributed by atoms with Gasteiger partial charge in [0, 0.05) is 19.7 Å². The summed E-state index contributed by atoms with van der Waals surface area (Å²) in [5.74, 6) is -1.11. The van der Waals surface area contributed by atoms with Crippen molar-refractivity contribution in [3.63, 3.8) is 0 Å². The van der Waals surface area contributed by atoms with Crippen LogP contribution >= 0.6 is 0 Å². The molecule has 0 bridgehead atoms. The van der Waals surface area contributed by atoms with Crippen LogP contribution in [0, 0.1) is 0 Å². The third kappa shape index (κ3) is 3.26. The predicted octanol–water partition coefficient (Wildman–Crippen LogP) is 3.05. The Bertz CT molecular complexity index is 947. The van der Waals surface area contributed by atoms with Gasteiger partial charge in [0.2, 0.25) is 10.0 Å². The average molecular weight is 388 g/mol. The van der Waals surface area contributed by atoms with Crippen molar-refractivity contribution in [1.29, 1.82) is 0 Å². The third-order valence-electron chi connectivity index (χ3n) is 4.17. The molecule has 0 spiro atoms. The quantitative estimate of drug-likeness (QED) is 0.736. The highest BCUT2D eigenvalue weighted by atomic mass is 32.2. The van der Waals surface area contributed by atoms with Crippen LogP contribution in [0.15, 0.2) is 34.0 Å². The van der Waals surface area contributed by atoms with Gasteiger partial charge in [-0.3, -0.25) is 4.79 Å². The van der Waals surface area contributed by atoms with Crippen LogP contribution in [-0.4, -0.2) is 37.8 Å². The van der Waals surface area contributed by atoms with Gasteiger partial charge in [0.15, 0.2) is 5.78 Å². The fourth-order valence-corrected chi connectivity index (χ4v) is 3.81. The molecule has 2 aromatic rings. The molecular weight excluding hydrogens is 373 g/mol. The summed E-state index contributed by atoms with van der Waals surface area (Å²) in [6.07, 6.45) is -1.63. The van der Waals surface area contributed by atoms with E-state index in [-0.39, 0.29) is 17.0 Å². The first-order valence-electron chi connectivity index (χ1n) is 7.65. The molecule has 0 saturated heterocycles. The van der Waals surface area contributed by atoms with E-state index >= 15 is 0 Å². The lowest BCUT2D eigenvalue weighted by Crippen LogP contribution is -2.25. The van der Waals surface area contributed by atoms with Gasteiger partial charge in [0.1, 0.15) is 6.26 Å². The number of benzene rings is 1. The van der Waals surface area contributed by atoms with Crippen molar-refractivity contribution in [3.8, 4) is 0 Å². The third-order valence-corrected chi connectivity index (χ3v) is 6.04. The van der Waals surface area contributed by atoms with Crippen molar-refractivity contribution >= 4 is 15.8 Å².